The number of nitrogens with zero attached hydrogens (tertiary/aromatic N) is 2. The van der Waals surface area contributed by atoms with Crippen LogP contribution in [0.3, 0.4) is 0 Å². The molecule has 0 saturated heterocycles. The lowest BCUT2D eigenvalue weighted by Gasteiger charge is -2.06. The second kappa shape index (κ2) is 5.74. The van der Waals surface area contributed by atoms with Crippen molar-refractivity contribution in [1.29, 1.82) is 0 Å². The van der Waals surface area contributed by atoms with Gasteiger partial charge < -0.3 is 9.30 Å². The van der Waals surface area contributed by atoms with Crippen LogP contribution in [0.4, 0.5) is 0 Å². The van der Waals surface area contributed by atoms with E-state index < -0.39 is 0 Å². The van der Waals surface area contributed by atoms with Gasteiger partial charge in [0.1, 0.15) is 0 Å². The smallest absolute Gasteiger partial charge is 0.261 e. The maximum Gasteiger partial charge on any atom is 0.261 e. The first-order chi connectivity index (χ1) is 8.72. The number of aryl methyl sites for hydroxylation is 1. The van der Waals surface area contributed by atoms with Crippen molar-refractivity contribution in [3.05, 3.63) is 33.5 Å². The Bertz CT molecular complexity index is 628. The van der Waals surface area contributed by atoms with Crippen LogP contribution >= 0.6 is 12.2 Å². The maximum absolute atomic E-state index is 12.2. The van der Waals surface area contributed by atoms with Gasteiger partial charge >= 0.3 is 0 Å². The summed E-state index contributed by atoms with van der Waals surface area (Å²) in [6.07, 6.45) is 2.54. The van der Waals surface area contributed by atoms with E-state index in [4.69, 9.17) is 17.0 Å². The zero-order valence-corrected chi connectivity index (χ0v) is 10.8. The summed E-state index contributed by atoms with van der Waals surface area (Å²) >= 11 is 4.87. The quantitative estimate of drug-likeness (QED) is 0.632. The second-order valence-electron chi connectivity index (χ2n) is 3.78. The molecule has 0 spiro atoms. The summed E-state index contributed by atoms with van der Waals surface area (Å²) in [4.78, 5) is 16.2. The van der Waals surface area contributed by atoms with Gasteiger partial charge in [0.25, 0.3) is 5.56 Å². The van der Waals surface area contributed by atoms with Crippen molar-refractivity contribution >= 4 is 12.2 Å². The fraction of sp³-hybridized carbons (Fsp3) is 0.364. The molecule has 0 aliphatic heterocycles. The molecule has 0 aliphatic carbocycles. The van der Waals surface area contributed by atoms with Crippen LogP contribution in [0.15, 0.2) is 23.1 Å². The van der Waals surface area contributed by atoms with E-state index in [1.165, 1.54) is 0 Å². The monoisotopic (exact) mass is 266 g/mol. The summed E-state index contributed by atoms with van der Waals surface area (Å²) in [5.74, 6) is 0.464. The Morgan fingerprint density at radius 3 is 3.00 bits per heavy atom. The SMILES string of the molecule is COCCCn1cccc(-c2nc(=S)[nH][nH]2)c1=O. The number of hydrogen-bond acceptors (Lipinski definition) is 4. The lowest BCUT2D eigenvalue weighted by Crippen LogP contribution is -2.21. The second-order valence-corrected chi connectivity index (χ2v) is 4.17. The molecule has 0 saturated carbocycles. The molecule has 6 nitrogen and oxygen atoms in total. The van der Waals surface area contributed by atoms with E-state index in [1.807, 2.05) is 6.07 Å². The molecule has 0 fully saturated rings. The van der Waals surface area contributed by atoms with Gasteiger partial charge in [-0.15, -0.1) is 0 Å². The van der Waals surface area contributed by atoms with Gasteiger partial charge in [-0.25, -0.2) is 0 Å². The van der Waals surface area contributed by atoms with E-state index in [0.717, 1.165) is 6.42 Å². The number of rotatable bonds is 5. The standard InChI is InChI=1S/C11H14N4O2S/c1-17-7-3-6-15-5-2-4-8(10(15)16)9-12-11(18)14-13-9/h2,4-5H,3,6-7H2,1H3,(H2,12,13,14,18). The molecule has 0 atom stereocenters. The minimum absolute atomic E-state index is 0.0913. The largest absolute Gasteiger partial charge is 0.385 e. The van der Waals surface area contributed by atoms with Crippen molar-refractivity contribution in [3.63, 3.8) is 0 Å². The van der Waals surface area contributed by atoms with Crippen molar-refractivity contribution in [1.82, 2.24) is 19.7 Å². The Hall–Kier alpha value is -1.73. The molecule has 2 aromatic heterocycles. The number of aromatic amines is 2. The number of hydrogen-bond donors (Lipinski definition) is 2. The molecule has 0 bridgehead atoms. The molecule has 2 rings (SSSR count). The summed E-state index contributed by atoms with van der Waals surface area (Å²) in [5, 5.41) is 5.46. The lowest BCUT2D eigenvalue weighted by atomic mass is 10.2. The molecule has 0 aliphatic rings. The summed E-state index contributed by atoms with van der Waals surface area (Å²) in [6.45, 7) is 1.24. The minimum atomic E-state index is -0.0913. The van der Waals surface area contributed by atoms with Crippen LogP contribution in [-0.4, -0.2) is 33.5 Å². The average molecular weight is 266 g/mol. The van der Waals surface area contributed by atoms with Crippen LogP contribution in [0.5, 0.6) is 0 Å². The fourth-order valence-electron chi connectivity index (χ4n) is 1.67. The number of pyridine rings is 1. The third-order valence-corrected chi connectivity index (χ3v) is 2.72. The van der Waals surface area contributed by atoms with E-state index in [1.54, 1.807) is 23.9 Å². The van der Waals surface area contributed by atoms with Gasteiger partial charge in [-0.2, -0.15) is 4.98 Å². The third kappa shape index (κ3) is 2.74. The highest BCUT2D eigenvalue weighted by Gasteiger charge is 2.08. The number of aromatic nitrogens is 4. The molecule has 0 amide bonds. The first-order valence-corrected chi connectivity index (χ1v) is 5.96. The first-order valence-electron chi connectivity index (χ1n) is 5.56. The molecule has 0 unspecified atom stereocenters. The van der Waals surface area contributed by atoms with Crippen molar-refractivity contribution < 1.29 is 4.74 Å². The van der Waals surface area contributed by atoms with Gasteiger partial charge in [-0.1, -0.05) is 0 Å². The van der Waals surface area contributed by atoms with Crippen molar-refractivity contribution in [2.45, 2.75) is 13.0 Å². The number of ether oxygens (including phenoxy) is 1. The van der Waals surface area contributed by atoms with Crippen LogP contribution in [-0.2, 0) is 11.3 Å². The average Bonchev–Trinajstić information content (AvgIpc) is 2.78. The maximum atomic E-state index is 12.2. The van der Waals surface area contributed by atoms with E-state index in [2.05, 4.69) is 15.2 Å². The number of H-pyrrole nitrogens is 2. The van der Waals surface area contributed by atoms with E-state index >= 15 is 0 Å². The Balaban J connectivity index is 2.30. The van der Waals surface area contributed by atoms with Crippen LogP contribution in [0.2, 0.25) is 0 Å². The Morgan fingerprint density at radius 1 is 1.50 bits per heavy atom. The third-order valence-electron chi connectivity index (χ3n) is 2.52. The Morgan fingerprint density at radius 2 is 2.33 bits per heavy atom. The van der Waals surface area contributed by atoms with Gasteiger partial charge in [-0.05, 0) is 30.8 Å². The lowest BCUT2D eigenvalue weighted by molar-refractivity contribution is 0.190. The molecule has 2 aromatic rings. The molecule has 0 radical (unpaired) electrons. The summed E-state index contributed by atoms with van der Waals surface area (Å²) < 4.78 is 6.94. The van der Waals surface area contributed by atoms with Crippen molar-refractivity contribution in [2.75, 3.05) is 13.7 Å². The van der Waals surface area contributed by atoms with Gasteiger partial charge in [0.15, 0.2) is 5.82 Å². The van der Waals surface area contributed by atoms with Crippen molar-refractivity contribution in [2.24, 2.45) is 0 Å². The van der Waals surface area contributed by atoms with Crippen LogP contribution in [0.25, 0.3) is 11.4 Å². The summed E-state index contributed by atoms with van der Waals surface area (Å²) in [6, 6.07) is 3.53. The first kappa shape index (κ1) is 12.7. The molecule has 2 heterocycles. The zero-order valence-electron chi connectivity index (χ0n) is 9.97. The van der Waals surface area contributed by atoms with E-state index in [9.17, 15) is 4.79 Å². The van der Waals surface area contributed by atoms with E-state index in [-0.39, 0.29) is 5.56 Å². The topological polar surface area (TPSA) is 75.7 Å². The molecule has 2 N–H and O–H groups in total. The number of methoxy groups -OCH3 is 1. The minimum Gasteiger partial charge on any atom is -0.385 e. The van der Waals surface area contributed by atoms with Gasteiger partial charge in [0.2, 0.25) is 4.77 Å². The molecule has 96 valence electrons. The predicted molar refractivity (Wildman–Crippen MR) is 70.0 cm³/mol. The molecule has 7 heteroatoms. The van der Waals surface area contributed by atoms with Gasteiger partial charge in [0.05, 0.1) is 5.56 Å². The molecular formula is C11H14N4O2S. The Labute approximate surface area is 109 Å². The van der Waals surface area contributed by atoms with Crippen LogP contribution in [0, 0.1) is 4.77 Å². The van der Waals surface area contributed by atoms with Crippen molar-refractivity contribution in [3.8, 4) is 11.4 Å². The summed E-state index contributed by atoms with van der Waals surface area (Å²) in [5.41, 5.74) is 0.411. The van der Waals surface area contributed by atoms with Crippen LogP contribution in [0.1, 0.15) is 6.42 Å². The highest BCUT2D eigenvalue weighted by Crippen LogP contribution is 2.07. The zero-order chi connectivity index (χ0) is 13.0. The fourth-order valence-corrected chi connectivity index (χ4v) is 1.81. The highest BCUT2D eigenvalue weighted by molar-refractivity contribution is 7.71. The van der Waals surface area contributed by atoms with Crippen LogP contribution < -0.4 is 5.56 Å². The molecular weight excluding hydrogens is 252 g/mol. The number of nitrogens with one attached hydrogen (secondary N) is 2. The molecule has 18 heavy (non-hydrogen) atoms. The predicted octanol–water partition coefficient (Wildman–Crippen LogP) is 1.33. The highest BCUT2D eigenvalue weighted by atomic mass is 32.1. The van der Waals surface area contributed by atoms with Gasteiger partial charge in [0, 0.05) is 26.5 Å². The van der Waals surface area contributed by atoms with Gasteiger partial charge in [-0.3, -0.25) is 15.0 Å². The summed E-state index contributed by atoms with van der Waals surface area (Å²) in [7, 11) is 1.64. The Kier molecular flexibility index (Phi) is 4.06. The molecule has 0 aromatic carbocycles. The normalized spacial score (nSPS) is 10.7. The van der Waals surface area contributed by atoms with E-state index in [0.29, 0.717) is 29.3 Å².